The highest BCUT2D eigenvalue weighted by Gasteiger charge is 2.15. The van der Waals surface area contributed by atoms with Crippen LogP contribution in [0, 0.1) is 13.8 Å². The third-order valence-electron chi connectivity index (χ3n) is 3.55. The minimum absolute atomic E-state index is 0.0229. The van der Waals surface area contributed by atoms with Crippen molar-refractivity contribution in [2.24, 2.45) is 0 Å². The molecule has 0 saturated carbocycles. The number of carbonyl (C=O) groups excluding carboxylic acids is 1. The van der Waals surface area contributed by atoms with Crippen molar-refractivity contribution in [3.63, 3.8) is 0 Å². The Morgan fingerprint density at radius 3 is 2.43 bits per heavy atom. The standard InChI is InChI=1S/C17H20N2O3S/c1-10-16(23-12(3)18-10)11(2)19-15(20)9-6-13-4-7-14(8-5-13)17(21)22/h4-5,7-8,11H,6,9H2,1-3H3,(H,19,20)(H,21,22). The van der Waals surface area contributed by atoms with Gasteiger partial charge in [-0.25, -0.2) is 9.78 Å². The summed E-state index contributed by atoms with van der Waals surface area (Å²) >= 11 is 1.60. The summed E-state index contributed by atoms with van der Waals surface area (Å²) < 4.78 is 0. The second-order valence-electron chi connectivity index (χ2n) is 5.47. The van der Waals surface area contributed by atoms with E-state index in [2.05, 4.69) is 10.3 Å². The number of nitrogens with zero attached hydrogens (tertiary/aromatic N) is 1. The predicted molar refractivity (Wildman–Crippen MR) is 89.9 cm³/mol. The van der Waals surface area contributed by atoms with Crippen molar-refractivity contribution in [1.29, 1.82) is 0 Å². The van der Waals surface area contributed by atoms with Gasteiger partial charge in [-0.1, -0.05) is 12.1 Å². The van der Waals surface area contributed by atoms with Gasteiger partial charge in [-0.3, -0.25) is 4.79 Å². The average Bonchev–Trinajstić information content (AvgIpc) is 2.84. The average molecular weight is 332 g/mol. The molecule has 23 heavy (non-hydrogen) atoms. The van der Waals surface area contributed by atoms with E-state index in [1.54, 1.807) is 35.6 Å². The van der Waals surface area contributed by atoms with Gasteiger partial charge in [0.1, 0.15) is 0 Å². The first-order valence-corrected chi connectivity index (χ1v) is 8.24. The van der Waals surface area contributed by atoms with Crippen LogP contribution in [0.5, 0.6) is 0 Å². The van der Waals surface area contributed by atoms with Gasteiger partial charge in [-0.05, 0) is 44.9 Å². The molecule has 1 heterocycles. The highest BCUT2D eigenvalue weighted by atomic mass is 32.1. The molecule has 2 N–H and O–H groups in total. The fourth-order valence-corrected chi connectivity index (χ4v) is 3.33. The second kappa shape index (κ2) is 7.37. The molecule has 0 aliphatic rings. The lowest BCUT2D eigenvalue weighted by Crippen LogP contribution is -2.26. The van der Waals surface area contributed by atoms with Gasteiger partial charge in [0, 0.05) is 11.3 Å². The van der Waals surface area contributed by atoms with E-state index in [0.29, 0.717) is 12.8 Å². The van der Waals surface area contributed by atoms with Gasteiger partial charge in [-0.2, -0.15) is 0 Å². The zero-order chi connectivity index (χ0) is 17.0. The van der Waals surface area contributed by atoms with Gasteiger partial charge in [0.2, 0.25) is 5.91 Å². The van der Waals surface area contributed by atoms with Gasteiger partial charge in [0.25, 0.3) is 0 Å². The van der Waals surface area contributed by atoms with E-state index < -0.39 is 5.97 Å². The molecular weight excluding hydrogens is 312 g/mol. The molecule has 0 saturated heterocycles. The van der Waals surface area contributed by atoms with Gasteiger partial charge in [-0.15, -0.1) is 11.3 Å². The number of aryl methyl sites for hydroxylation is 3. The lowest BCUT2D eigenvalue weighted by molar-refractivity contribution is -0.121. The lowest BCUT2D eigenvalue weighted by atomic mass is 10.1. The number of nitrogens with one attached hydrogen (secondary N) is 1. The molecule has 122 valence electrons. The van der Waals surface area contributed by atoms with Crippen molar-refractivity contribution in [2.45, 2.75) is 39.7 Å². The molecule has 2 aromatic rings. The number of aromatic nitrogens is 1. The van der Waals surface area contributed by atoms with Crippen LogP contribution >= 0.6 is 11.3 Å². The summed E-state index contributed by atoms with van der Waals surface area (Å²) in [5.74, 6) is -0.969. The predicted octanol–water partition coefficient (Wildman–Crippen LogP) is 3.27. The number of carboxylic acids is 1. The third kappa shape index (κ3) is 4.63. The minimum atomic E-state index is -0.946. The van der Waals surface area contributed by atoms with Crippen molar-refractivity contribution in [3.8, 4) is 0 Å². The molecule has 1 aromatic carbocycles. The van der Waals surface area contributed by atoms with Crippen molar-refractivity contribution >= 4 is 23.2 Å². The first-order chi connectivity index (χ1) is 10.9. The lowest BCUT2D eigenvalue weighted by Gasteiger charge is -2.13. The molecule has 0 aliphatic carbocycles. The number of carboxylic acid groups (broad SMARTS) is 1. The van der Waals surface area contributed by atoms with Crippen LogP contribution in [0.3, 0.4) is 0 Å². The first-order valence-electron chi connectivity index (χ1n) is 7.42. The van der Waals surface area contributed by atoms with Crippen LogP contribution in [-0.2, 0) is 11.2 Å². The van der Waals surface area contributed by atoms with Gasteiger partial charge >= 0.3 is 5.97 Å². The molecular formula is C17H20N2O3S. The Morgan fingerprint density at radius 1 is 1.26 bits per heavy atom. The van der Waals surface area contributed by atoms with E-state index in [0.717, 1.165) is 21.1 Å². The summed E-state index contributed by atoms with van der Waals surface area (Å²) in [6.45, 7) is 5.86. The summed E-state index contributed by atoms with van der Waals surface area (Å²) in [5, 5.41) is 12.8. The number of hydrogen-bond donors (Lipinski definition) is 2. The van der Waals surface area contributed by atoms with E-state index in [-0.39, 0.29) is 17.5 Å². The summed E-state index contributed by atoms with van der Waals surface area (Å²) in [7, 11) is 0. The number of carbonyl (C=O) groups is 2. The van der Waals surface area contributed by atoms with Crippen LogP contribution < -0.4 is 5.32 Å². The normalized spacial score (nSPS) is 12.0. The topological polar surface area (TPSA) is 79.3 Å². The Bertz CT molecular complexity index is 707. The monoisotopic (exact) mass is 332 g/mol. The van der Waals surface area contributed by atoms with Crippen molar-refractivity contribution in [3.05, 3.63) is 51.0 Å². The fraction of sp³-hybridized carbons (Fsp3) is 0.353. The molecule has 2 rings (SSSR count). The van der Waals surface area contributed by atoms with Gasteiger partial charge in [0.15, 0.2) is 0 Å². The molecule has 0 bridgehead atoms. The zero-order valence-corrected chi connectivity index (χ0v) is 14.2. The van der Waals surface area contributed by atoms with Crippen LogP contribution in [0.2, 0.25) is 0 Å². The number of amides is 1. The van der Waals surface area contributed by atoms with Crippen LogP contribution in [0.15, 0.2) is 24.3 Å². The Labute approximate surface area is 139 Å². The molecule has 1 amide bonds. The summed E-state index contributed by atoms with van der Waals surface area (Å²) in [6, 6.07) is 6.56. The summed E-state index contributed by atoms with van der Waals surface area (Å²) in [4.78, 5) is 28.3. The van der Waals surface area contributed by atoms with E-state index in [1.165, 1.54) is 0 Å². The Hall–Kier alpha value is -2.21. The number of thiazole rings is 1. The molecule has 1 aromatic heterocycles. The van der Waals surface area contributed by atoms with Gasteiger partial charge < -0.3 is 10.4 Å². The zero-order valence-electron chi connectivity index (χ0n) is 13.4. The molecule has 1 unspecified atom stereocenters. The van der Waals surface area contributed by atoms with Crippen LogP contribution in [0.25, 0.3) is 0 Å². The van der Waals surface area contributed by atoms with E-state index in [4.69, 9.17) is 5.11 Å². The number of benzene rings is 1. The summed E-state index contributed by atoms with van der Waals surface area (Å²) in [5.41, 5.74) is 2.16. The highest BCUT2D eigenvalue weighted by Crippen LogP contribution is 2.24. The van der Waals surface area contributed by atoms with Crippen LogP contribution in [0.4, 0.5) is 0 Å². The van der Waals surface area contributed by atoms with E-state index >= 15 is 0 Å². The molecule has 0 spiro atoms. The van der Waals surface area contributed by atoms with E-state index in [1.807, 2.05) is 20.8 Å². The van der Waals surface area contributed by atoms with Crippen LogP contribution in [0.1, 0.15) is 50.9 Å². The minimum Gasteiger partial charge on any atom is -0.478 e. The molecule has 0 aliphatic heterocycles. The van der Waals surface area contributed by atoms with E-state index in [9.17, 15) is 9.59 Å². The fourth-order valence-electron chi connectivity index (χ4n) is 2.40. The Kier molecular flexibility index (Phi) is 5.50. The smallest absolute Gasteiger partial charge is 0.335 e. The third-order valence-corrected chi connectivity index (χ3v) is 4.81. The van der Waals surface area contributed by atoms with Crippen molar-refractivity contribution in [1.82, 2.24) is 10.3 Å². The molecule has 0 fully saturated rings. The molecule has 0 radical (unpaired) electrons. The maximum atomic E-state index is 12.1. The Balaban J connectivity index is 1.87. The second-order valence-corrected chi connectivity index (χ2v) is 6.71. The highest BCUT2D eigenvalue weighted by molar-refractivity contribution is 7.11. The maximum absolute atomic E-state index is 12.1. The van der Waals surface area contributed by atoms with Crippen LogP contribution in [-0.4, -0.2) is 22.0 Å². The van der Waals surface area contributed by atoms with Gasteiger partial charge in [0.05, 0.1) is 22.3 Å². The maximum Gasteiger partial charge on any atom is 0.335 e. The summed E-state index contributed by atoms with van der Waals surface area (Å²) in [6.07, 6.45) is 0.951. The molecule has 1 atom stereocenters. The largest absolute Gasteiger partial charge is 0.478 e. The number of aromatic carboxylic acids is 1. The first kappa shape index (κ1) is 17.1. The molecule has 6 heteroatoms. The SMILES string of the molecule is Cc1nc(C)c(C(C)NC(=O)CCc2ccc(C(=O)O)cc2)s1. The molecule has 5 nitrogen and oxygen atoms in total. The quantitative estimate of drug-likeness (QED) is 0.851. The van der Waals surface area contributed by atoms with Crippen molar-refractivity contribution < 1.29 is 14.7 Å². The Morgan fingerprint density at radius 2 is 1.91 bits per heavy atom. The number of rotatable bonds is 6. The van der Waals surface area contributed by atoms with Crippen molar-refractivity contribution in [2.75, 3.05) is 0 Å². The number of hydrogen-bond acceptors (Lipinski definition) is 4.